The average molecular weight is 336 g/mol. The number of carbonyl (C=O) groups excluding carboxylic acids is 1. The fourth-order valence-electron chi connectivity index (χ4n) is 2.90. The van der Waals surface area contributed by atoms with E-state index in [2.05, 4.69) is 26.7 Å². The van der Waals surface area contributed by atoms with Crippen LogP contribution in [0, 0.1) is 0 Å². The maximum Gasteiger partial charge on any atom is 0.269 e. The van der Waals surface area contributed by atoms with Crippen molar-refractivity contribution < 1.29 is 4.79 Å². The number of pyridine rings is 2. The summed E-state index contributed by atoms with van der Waals surface area (Å²) in [6.07, 6.45) is 13.4. The van der Waals surface area contributed by atoms with E-state index in [0.29, 0.717) is 18.8 Å². The zero-order valence-corrected chi connectivity index (χ0v) is 14.4. The Morgan fingerprint density at radius 2 is 2.12 bits per heavy atom. The Bertz CT molecular complexity index is 710. The average Bonchev–Trinajstić information content (AvgIpc) is 2.68. The quantitative estimate of drug-likeness (QED) is 0.757. The predicted octanol–water partition coefficient (Wildman–Crippen LogP) is 3.71. The van der Waals surface area contributed by atoms with Crippen LogP contribution in [0.2, 0.25) is 0 Å². The van der Waals surface area contributed by atoms with E-state index in [1.807, 2.05) is 24.4 Å². The van der Waals surface area contributed by atoms with Crippen molar-refractivity contribution in [1.29, 1.82) is 0 Å². The van der Waals surface area contributed by atoms with E-state index in [1.54, 1.807) is 18.5 Å². The molecule has 0 unspecified atom stereocenters. The second-order valence-electron chi connectivity index (χ2n) is 6.26. The van der Waals surface area contributed by atoms with Gasteiger partial charge >= 0.3 is 0 Å². The molecule has 0 saturated heterocycles. The molecule has 1 aliphatic carbocycles. The van der Waals surface area contributed by atoms with Gasteiger partial charge in [-0.05, 0) is 55.9 Å². The van der Waals surface area contributed by atoms with Gasteiger partial charge in [-0.3, -0.25) is 9.78 Å². The van der Waals surface area contributed by atoms with Crippen molar-refractivity contribution >= 4 is 11.6 Å². The predicted molar refractivity (Wildman–Crippen MR) is 99.3 cm³/mol. The lowest BCUT2D eigenvalue weighted by atomic mass is 9.97. The minimum Gasteiger partial charge on any atom is -0.380 e. The molecule has 0 aliphatic heterocycles. The number of amides is 1. The summed E-state index contributed by atoms with van der Waals surface area (Å²) in [5.41, 5.74) is 3.90. The molecule has 2 aromatic rings. The van der Waals surface area contributed by atoms with Gasteiger partial charge in [-0.2, -0.15) is 0 Å². The number of nitrogens with zero attached hydrogens (tertiary/aromatic N) is 2. The number of hydrogen-bond acceptors (Lipinski definition) is 4. The van der Waals surface area contributed by atoms with Gasteiger partial charge in [-0.25, -0.2) is 4.98 Å². The summed E-state index contributed by atoms with van der Waals surface area (Å²) in [7, 11) is 0. The Hall–Kier alpha value is -2.69. The third-order valence-corrected chi connectivity index (χ3v) is 4.33. The van der Waals surface area contributed by atoms with Crippen molar-refractivity contribution in [2.24, 2.45) is 0 Å². The van der Waals surface area contributed by atoms with Crippen molar-refractivity contribution in [2.75, 3.05) is 11.9 Å². The Labute approximate surface area is 148 Å². The lowest BCUT2D eigenvalue weighted by Gasteiger charge is -2.13. The normalized spacial score (nSPS) is 13.8. The highest BCUT2D eigenvalue weighted by Gasteiger charge is 2.08. The van der Waals surface area contributed by atoms with Gasteiger partial charge in [0.1, 0.15) is 5.69 Å². The molecule has 2 heterocycles. The Morgan fingerprint density at radius 3 is 2.84 bits per heavy atom. The van der Waals surface area contributed by atoms with E-state index in [4.69, 9.17) is 0 Å². The second kappa shape index (κ2) is 8.97. The zero-order chi connectivity index (χ0) is 17.3. The standard InChI is InChI=1S/C20H24N4O/c25-20(22-12-10-16-5-2-1-3-6-16)19-9-8-18(15-24-19)23-14-17-7-4-11-21-13-17/h4-5,7-9,11,13,15,23H,1-3,6,10,12,14H2,(H,22,25). The van der Waals surface area contributed by atoms with Crippen LogP contribution in [0.4, 0.5) is 5.69 Å². The van der Waals surface area contributed by atoms with Crippen molar-refractivity contribution in [2.45, 2.75) is 38.6 Å². The first-order valence-electron chi connectivity index (χ1n) is 8.86. The van der Waals surface area contributed by atoms with Crippen LogP contribution in [-0.4, -0.2) is 22.4 Å². The van der Waals surface area contributed by atoms with Gasteiger partial charge in [0.05, 0.1) is 11.9 Å². The third kappa shape index (κ3) is 5.41. The second-order valence-corrected chi connectivity index (χ2v) is 6.26. The van der Waals surface area contributed by atoms with Crippen LogP contribution in [0.25, 0.3) is 0 Å². The molecule has 3 rings (SSSR count). The summed E-state index contributed by atoms with van der Waals surface area (Å²) in [4.78, 5) is 20.5. The molecule has 130 valence electrons. The van der Waals surface area contributed by atoms with E-state index in [9.17, 15) is 4.79 Å². The molecule has 0 bridgehead atoms. The molecular formula is C20H24N4O. The van der Waals surface area contributed by atoms with Crippen molar-refractivity contribution in [3.05, 3.63) is 65.8 Å². The van der Waals surface area contributed by atoms with E-state index in [0.717, 1.165) is 17.7 Å². The Balaban J connectivity index is 1.44. The van der Waals surface area contributed by atoms with E-state index >= 15 is 0 Å². The molecule has 5 nitrogen and oxygen atoms in total. The number of aromatic nitrogens is 2. The summed E-state index contributed by atoms with van der Waals surface area (Å²) >= 11 is 0. The monoisotopic (exact) mass is 336 g/mol. The van der Waals surface area contributed by atoms with Crippen LogP contribution in [0.5, 0.6) is 0 Å². The summed E-state index contributed by atoms with van der Waals surface area (Å²) in [6.45, 7) is 1.35. The smallest absolute Gasteiger partial charge is 0.269 e. The summed E-state index contributed by atoms with van der Waals surface area (Å²) in [5, 5.41) is 6.22. The van der Waals surface area contributed by atoms with Crippen LogP contribution < -0.4 is 10.6 Å². The molecule has 1 amide bonds. The molecule has 0 fully saturated rings. The molecule has 0 atom stereocenters. The lowest BCUT2D eigenvalue weighted by molar-refractivity contribution is 0.0949. The SMILES string of the molecule is O=C(NCCC1=CCCCC1)c1ccc(NCc2cccnc2)cn1. The number of allylic oxidation sites excluding steroid dienone is 1. The molecule has 0 spiro atoms. The molecule has 0 saturated carbocycles. The zero-order valence-electron chi connectivity index (χ0n) is 14.4. The Kier molecular flexibility index (Phi) is 6.15. The van der Waals surface area contributed by atoms with Gasteiger partial charge in [0, 0.05) is 25.5 Å². The van der Waals surface area contributed by atoms with Gasteiger partial charge in [0.25, 0.3) is 5.91 Å². The molecule has 25 heavy (non-hydrogen) atoms. The number of rotatable bonds is 7. The highest BCUT2D eigenvalue weighted by molar-refractivity contribution is 5.92. The first-order chi connectivity index (χ1) is 12.3. The number of carbonyl (C=O) groups is 1. The maximum absolute atomic E-state index is 12.2. The third-order valence-electron chi connectivity index (χ3n) is 4.33. The highest BCUT2D eigenvalue weighted by atomic mass is 16.1. The molecule has 5 heteroatoms. The minimum atomic E-state index is -0.116. The topological polar surface area (TPSA) is 66.9 Å². The van der Waals surface area contributed by atoms with Gasteiger partial charge in [-0.15, -0.1) is 0 Å². The largest absolute Gasteiger partial charge is 0.380 e. The van der Waals surface area contributed by atoms with Crippen LogP contribution in [0.1, 0.15) is 48.2 Å². The fraction of sp³-hybridized carbons (Fsp3) is 0.350. The number of anilines is 1. The number of nitrogens with one attached hydrogen (secondary N) is 2. The molecule has 2 N–H and O–H groups in total. The lowest BCUT2D eigenvalue weighted by Crippen LogP contribution is -2.25. The molecular weight excluding hydrogens is 312 g/mol. The first kappa shape index (κ1) is 17.1. The summed E-state index contributed by atoms with van der Waals surface area (Å²) in [6, 6.07) is 7.55. The van der Waals surface area contributed by atoms with E-state index in [-0.39, 0.29) is 5.91 Å². The molecule has 1 aliphatic rings. The number of hydrogen-bond donors (Lipinski definition) is 2. The van der Waals surface area contributed by atoms with E-state index in [1.165, 1.54) is 31.3 Å². The van der Waals surface area contributed by atoms with Gasteiger partial charge in [0.2, 0.25) is 0 Å². The molecule has 0 aromatic carbocycles. The van der Waals surface area contributed by atoms with Crippen LogP contribution >= 0.6 is 0 Å². The van der Waals surface area contributed by atoms with Crippen molar-refractivity contribution in [3.63, 3.8) is 0 Å². The van der Waals surface area contributed by atoms with Crippen LogP contribution in [-0.2, 0) is 6.54 Å². The fourth-order valence-corrected chi connectivity index (χ4v) is 2.90. The van der Waals surface area contributed by atoms with Gasteiger partial charge in [0.15, 0.2) is 0 Å². The first-order valence-corrected chi connectivity index (χ1v) is 8.86. The summed E-state index contributed by atoms with van der Waals surface area (Å²) in [5.74, 6) is -0.116. The summed E-state index contributed by atoms with van der Waals surface area (Å²) < 4.78 is 0. The molecule has 0 radical (unpaired) electrons. The molecule has 2 aromatic heterocycles. The van der Waals surface area contributed by atoms with Crippen LogP contribution in [0.3, 0.4) is 0 Å². The van der Waals surface area contributed by atoms with Gasteiger partial charge < -0.3 is 10.6 Å². The van der Waals surface area contributed by atoms with Crippen molar-refractivity contribution in [3.8, 4) is 0 Å². The van der Waals surface area contributed by atoms with Crippen LogP contribution in [0.15, 0.2) is 54.5 Å². The minimum absolute atomic E-state index is 0.116. The van der Waals surface area contributed by atoms with E-state index < -0.39 is 0 Å². The van der Waals surface area contributed by atoms with Gasteiger partial charge in [-0.1, -0.05) is 17.7 Å². The Morgan fingerprint density at radius 1 is 1.16 bits per heavy atom. The van der Waals surface area contributed by atoms with Crippen molar-refractivity contribution in [1.82, 2.24) is 15.3 Å². The highest BCUT2D eigenvalue weighted by Crippen LogP contribution is 2.19. The maximum atomic E-state index is 12.2.